The third-order valence-corrected chi connectivity index (χ3v) is 7.08. The predicted molar refractivity (Wildman–Crippen MR) is 125 cm³/mol. The standard InChI is InChI=1S/C26H30N4O3/c1-2-19-7-6-17(11-27-19)13-29-14-18(15-29)12-28-23-5-3-4-21-22(23)16-30(26(21)33)24-9-8-20(31)10-25(24)32/h3-7,11,18,24,28H,2,8-10,12-16H2,1H3. The molecule has 2 aliphatic heterocycles. The van der Waals surface area contributed by atoms with Crippen molar-refractivity contribution in [1.29, 1.82) is 0 Å². The van der Waals surface area contributed by atoms with Gasteiger partial charge in [-0.2, -0.15) is 0 Å². The first kappa shape index (κ1) is 21.8. The van der Waals surface area contributed by atoms with E-state index in [-0.39, 0.29) is 23.9 Å². The fourth-order valence-corrected chi connectivity index (χ4v) is 5.17. The summed E-state index contributed by atoms with van der Waals surface area (Å²) in [4.78, 5) is 45.5. The van der Waals surface area contributed by atoms with Crippen molar-refractivity contribution in [3.05, 3.63) is 58.9 Å². The maximum Gasteiger partial charge on any atom is 0.255 e. The summed E-state index contributed by atoms with van der Waals surface area (Å²) in [6.45, 7) is 6.39. The molecule has 1 saturated carbocycles. The number of rotatable bonds is 7. The lowest BCUT2D eigenvalue weighted by atomic mass is 9.92. The Morgan fingerprint density at radius 3 is 2.70 bits per heavy atom. The fourth-order valence-electron chi connectivity index (χ4n) is 5.17. The average Bonchev–Trinajstić information content (AvgIpc) is 3.12. The van der Waals surface area contributed by atoms with Crippen molar-refractivity contribution < 1.29 is 14.4 Å². The summed E-state index contributed by atoms with van der Waals surface area (Å²) in [5.41, 5.74) is 4.98. The number of benzene rings is 1. The molecule has 2 aromatic rings. The number of carbonyl (C=O) groups excluding carboxylic acids is 3. The van der Waals surface area contributed by atoms with E-state index in [9.17, 15) is 14.4 Å². The molecule has 1 unspecified atom stereocenters. The number of fused-ring (bicyclic) bond motifs is 1. The number of hydrogen-bond acceptors (Lipinski definition) is 6. The molecule has 33 heavy (non-hydrogen) atoms. The summed E-state index contributed by atoms with van der Waals surface area (Å²) < 4.78 is 0. The van der Waals surface area contributed by atoms with Crippen LogP contribution in [0.1, 0.15) is 53.4 Å². The van der Waals surface area contributed by atoms with Gasteiger partial charge in [0.25, 0.3) is 5.91 Å². The van der Waals surface area contributed by atoms with Gasteiger partial charge in [-0.25, -0.2) is 0 Å². The van der Waals surface area contributed by atoms with Gasteiger partial charge in [-0.3, -0.25) is 24.3 Å². The van der Waals surface area contributed by atoms with Crippen LogP contribution < -0.4 is 5.32 Å². The molecule has 172 valence electrons. The Kier molecular flexibility index (Phi) is 5.98. The van der Waals surface area contributed by atoms with E-state index in [0.717, 1.165) is 49.5 Å². The lowest BCUT2D eigenvalue weighted by Crippen LogP contribution is -2.48. The van der Waals surface area contributed by atoms with Gasteiger partial charge in [0.2, 0.25) is 0 Å². The molecule has 5 rings (SSSR count). The van der Waals surface area contributed by atoms with Crippen LogP contribution in [0.5, 0.6) is 0 Å². The number of likely N-dealkylation sites (tertiary alicyclic amines) is 1. The lowest BCUT2D eigenvalue weighted by molar-refractivity contribution is -0.133. The average molecular weight is 447 g/mol. The molecule has 2 fully saturated rings. The zero-order valence-corrected chi connectivity index (χ0v) is 19.0. The predicted octanol–water partition coefficient (Wildman–Crippen LogP) is 2.83. The minimum absolute atomic E-state index is 0.0217. The minimum Gasteiger partial charge on any atom is -0.384 e. The van der Waals surface area contributed by atoms with Crippen LogP contribution in [0.2, 0.25) is 0 Å². The highest BCUT2D eigenvalue weighted by molar-refractivity contribution is 6.08. The van der Waals surface area contributed by atoms with Gasteiger partial charge in [0.1, 0.15) is 5.78 Å². The maximum atomic E-state index is 13.0. The number of pyridine rings is 1. The SMILES string of the molecule is CCc1ccc(CN2CC(CNc3cccc4c3CN(C3CCC(=O)CC3=O)C4=O)C2)cn1. The van der Waals surface area contributed by atoms with Gasteiger partial charge in [0.15, 0.2) is 5.78 Å². The zero-order chi connectivity index (χ0) is 22.9. The van der Waals surface area contributed by atoms with E-state index in [0.29, 0.717) is 30.9 Å². The van der Waals surface area contributed by atoms with Gasteiger partial charge in [-0.1, -0.05) is 19.1 Å². The van der Waals surface area contributed by atoms with Crippen molar-refractivity contribution in [3.63, 3.8) is 0 Å². The molecule has 1 saturated heterocycles. The zero-order valence-electron chi connectivity index (χ0n) is 19.0. The molecular formula is C26H30N4O3. The van der Waals surface area contributed by atoms with E-state index >= 15 is 0 Å². The Labute approximate surface area is 194 Å². The summed E-state index contributed by atoms with van der Waals surface area (Å²) in [6.07, 6.45) is 3.70. The maximum absolute atomic E-state index is 13.0. The van der Waals surface area contributed by atoms with E-state index in [1.807, 2.05) is 24.4 Å². The van der Waals surface area contributed by atoms with Crippen LogP contribution in [-0.2, 0) is 29.1 Å². The third kappa shape index (κ3) is 4.42. The van der Waals surface area contributed by atoms with E-state index in [1.54, 1.807) is 4.90 Å². The first-order valence-corrected chi connectivity index (χ1v) is 11.9. The number of carbonyl (C=O) groups is 3. The topological polar surface area (TPSA) is 82.6 Å². The van der Waals surface area contributed by atoms with Crippen molar-refractivity contribution in [2.24, 2.45) is 5.92 Å². The summed E-state index contributed by atoms with van der Waals surface area (Å²) in [6, 6.07) is 9.54. The Bertz CT molecular complexity index is 1080. The molecule has 1 aromatic carbocycles. The molecule has 0 spiro atoms. The second-order valence-corrected chi connectivity index (χ2v) is 9.45. The normalized spacial score (nSPS) is 21.3. The van der Waals surface area contributed by atoms with Crippen molar-refractivity contribution in [2.75, 3.05) is 25.0 Å². The van der Waals surface area contributed by atoms with E-state index in [1.165, 1.54) is 5.56 Å². The van der Waals surface area contributed by atoms with Crippen molar-refractivity contribution in [3.8, 4) is 0 Å². The molecule has 1 amide bonds. The Morgan fingerprint density at radius 1 is 1.12 bits per heavy atom. The largest absolute Gasteiger partial charge is 0.384 e. The summed E-state index contributed by atoms with van der Waals surface area (Å²) in [5, 5.41) is 3.55. The summed E-state index contributed by atoms with van der Waals surface area (Å²) in [5.74, 6) is 0.310. The molecule has 3 aliphatic rings. The van der Waals surface area contributed by atoms with Gasteiger partial charge in [-0.15, -0.1) is 0 Å². The molecule has 7 nitrogen and oxygen atoms in total. The van der Waals surface area contributed by atoms with Crippen LogP contribution in [-0.4, -0.2) is 57.9 Å². The second kappa shape index (κ2) is 9.06. The smallest absolute Gasteiger partial charge is 0.255 e. The van der Waals surface area contributed by atoms with Gasteiger partial charge < -0.3 is 10.2 Å². The molecule has 1 aromatic heterocycles. The van der Waals surface area contributed by atoms with Crippen LogP contribution in [0.15, 0.2) is 36.5 Å². The van der Waals surface area contributed by atoms with Gasteiger partial charge in [0, 0.05) is 73.8 Å². The fraction of sp³-hybridized carbons (Fsp3) is 0.462. The molecule has 0 radical (unpaired) electrons. The molecule has 7 heteroatoms. The van der Waals surface area contributed by atoms with E-state index in [2.05, 4.69) is 34.3 Å². The van der Waals surface area contributed by atoms with Crippen LogP contribution in [0.3, 0.4) is 0 Å². The molecule has 1 N–H and O–H groups in total. The van der Waals surface area contributed by atoms with Gasteiger partial charge in [0.05, 0.1) is 12.5 Å². The first-order valence-electron chi connectivity index (χ1n) is 11.9. The molecule has 0 bridgehead atoms. The highest BCUT2D eigenvalue weighted by Crippen LogP contribution is 2.33. The summed E-state index contributed by atoms with van der Waals surface area (Å²) >= 11 is 0. The highest BCUT2D eigenvalue weighted by Gasteiger charge is 2.39. The summed E-state index contributed by atoms with van der Waals surface area (Å²) in [7, 11) is 0. The quantitative estimate of drug-likeness (QED) is 0.659. The van der Waals surface area contributed by atoms with Crippen LogP contribution in [0, 0.1) is 5.92 Å². The van der Waals surface area contributed by atoms with Crippen molar-refractivity contribution in [1.82, 2.24) is 14.8 Å². The molecule has 1 aliphatic carbocycles. The molecule has 3 heterocycles. The van der Waals surface area contributed by atoms with Crippen molar-refractivity contribution >= 4 is 23.2 Å². The highest BCUT2D eigenvalue weighted by atomic mass is 16.2. The number of nitrogens with zero attached hydrogens (tertiary/aromatic N) is 3. The second-order valence-electron chi connectivity index (χ2n) is 9.45. The number of amides is 1. The number of anilines is 1. The Balaban J connectivity index is 1.16. The number of nitrogens with one attached hydrogen (secondary N) is 1. The molecular weight excluding hydrogens is 416 g/mol. The molecule has 1 atom stereocenters. The van der Waals surface area contributed by atoms with Gasteiger partial charge in [-0.05, 0) is 36.6 Å². The minimum atomic E-state index is -0.475. The number of hydrogen-bond donors (Lipinski definition) is 1. The van der Waals surface area contributed by atoms with Crippen molar-refractivity contribution in [2.45, 2.75) is 51.7 Å². The number of Topliss-reactive ketones (excluding diaryl/α,β-unsaturated/α-hetero) is 2. The third-order valence-electron chi connectivity index (χ3n) is 7.08. The van der Waals surface area contributed by atoms with Crippen LogP contribution >= 0.6 is 0 Å². The lowest BCUT2D eigenvalue weighted by Gasteiger charge is -2.39. The Morgan fingerprint density at radius 2 is 1.97 bits per heavy atom. The Hall–Kier alpha value is -3.06. The number of ketones is 2. The monoisotopic (exact) mass is 446 g/mol. The van der Waals surface area contributed by atoms with E-state index < -0.39 is 6.04 Å². The van der Waals surface area contributed by atoms with Crippen LogP contribution in [0.25, 0.3) is 0 Å². The number of aromatic nitrogens is 1. The van der Waals surface area contributed by atoms with Crippen LogP contribution in [0.4, 0.5) is 5.69 Å². The number of aryl methyl sites for hydroxylation is 1. The van der Waals surface area contributed by atoms with E-state index in [4.69, 9.17) is 0 Å². The van der Waals surface area contributed by atoms with Gasteiger partial charge >= 0.3 is 0 Å². The first-order chi connectivity index (χ1) is 16.0.